The minimum Gasteiger partial charge on any atom is -0.494 e. The van der Waals surface area contributed by atoms with E-state index in [-0.39, 0.29) is 16.9 Å². The van der Waals surface area contributed by atoms with Crippen LogP contribution in [0.4, 0.5) is 0 Å². The molecule has 0 aliphatic carbocycles. The average Bonchev–Trinajstić information content (AvgIpc) is 2.42. The zero-order chi connectivity index (χ0) is 14.0. The number of nitrogens with zero attached hydrogens (tertiary/aromatic N) is 2. The predicted octanol–water partition coefficient (Wildman–Crippen LogP) is 1.67. The molecule has 1 aromatic carbocycles. The van der Waals surface area contributed by atoms with Gasteiger partial charge in [0.15, 0.2) is 0 Å². The SMILES string of the molecule is CNC(C)Cn1c(Cl)nc2c(OC)cccc2c1=O. The van der Waals surface area contributed by atoms with Gasteiger partial charge in [-0.2, -0.15) is 0 Å². The zero-order valence-corrected chi connectivity index (χ0v) is 11.9. The quantitative estimate of drug-likeness (QED) is 0.866. The van der Waals surface area contributed by atoms with Crippen molar-refractivity contribution in [2.24, 2.45) is 0 Å². The molecule has 0 amide bonds. The van der Waals surface area contributed by atoms with E-state index in [1.165, 1.54) is 4.57 Å². The number of ether oxygens (including phenoxy) is 1. The standard InChI is InChI=1S/C13H16ClN3O2/c1-8(15-2)7-17-12(18)9-5-4-6-10(19-3)11(9)16-13(17)14/h4-6,8,15H,7H2,1-3H3. The maximum absolute atomic E-state index is 12.4. The Morgan fingerprint density at radius 3 is 2.89 bits per heavy atom. The van der Waals surface area contributed by atoms with Crippen molar-refractivity contribution in [1.29, 1.82) is 0 Å². The Kier molecular flexibility index (Phi) is 4.07. The number of aromatic nitrogens is 2. The largest absolute Gasteiger partial charge is 0.494 e. The van der Waals surface area contributed by atoms with Crippen LogP contribution in [-0.4, -0.2) is 29.8 Å². The number of hydrogen-bond donors (Lipinski definition) is 1. The third-order valence-corrected chi connectivity index (χ3v) is 3.36. The highest BCUT2D eigenvalue weighted by Crippen LogP contribution is 2.22. The Morgan fingerprint density at radius 1 is 1.53 bits per heavy atom. The number of methoxy groups -OCH3 is 1. The third kappa shape index (κ3) is 2.57. The van der Waals surface area contributed by atoms with E-state index in [1.807, 2.05) is 14.0 Å². The molecule has 19 heavy (non-hydrogen) atoms. The zero-order valence-electron chi connectivity index (χ0n) is 11.1. The van der Waals surface area contributed by atoms with Crippen molar-refractivity contribution in [3.8, 4) is 5.75 Å². The summed E-state index contributed by atoms with van der Waals surface area (Å²) < 4.78 is 6.66. The van der Waals surface area contributed by atoms with Crippen molar-refractivity contribution >= 4 is 22.5 Å². The number of rotatable bonds is 4. The van der Waals surface area contributed by atoms with Crippen LogP contribution in [0.5, 0.6) is 5.75 Å². The first-order valence-corrected chi connectivity index (χ1v) is 6.36. The molecule has 6 heteroatoms. The summed E-state index contributed by atoms with van der Waals surface area (Å²) in [6.45, 7) is 2.44. The monoisotopic (exact) mass is 281 g/mol. The molecule has 0 fully saturated rings. The van der Waals surface area contributed by atoms with E-state index in [4.69, 9.17) is 16.3 Å². The minimum absolute atomic E-state index is 0.125. The van der Waals surface area contributed by atoms with Gasteiger partial charge in [-0.15, -0.1) is 0 Å². The molecule has 1 atom stereocenters. The molecule has 0 spiro atoms. The molecule has 0 aliphatic heterocycles. The number of nitrogens with one attached hydrogen (secondary N) is 1. The number of benzene rings is 1. The first kappa shape index (κ1) is 13.8. The van der Waals surface area contributed by atoms with E-state index in [0.29, 0.717) is 23.2 Å². The molecule has 5 nitrogen and oxygen atoms in total. The molecule has 0 saturated carbocycles. The summed E-state index contributed by atoms with van der Waals surface area (Å²) in [5.41, 5.74) is 0.337. The first-order chi connectivity index (χ1) is 9.08. The molecular weight excluding hydrogens is 266 g/mol. The average molecular weight is 282 g/mol. The second-order valence-corrected chi connectivity index (χ2v) is 4.68. The summed E-state index contributed by atoms with van der Waals surface area (Å²) in [4.78, 5) is 16.7. The summed E-state index contributed by atoms with van der Waals surface area (Å²) in [5.74, 6) is 0.547. The summed E-state index contributed by atoms with van der Waals surface area (Å²) in [6.07, 6.45) is 0. The Bertz CT molecular complexity index is 654. The molecule has 1 heterocycles. The molecule has 0 radical (unpaired) electrons. The Balaban J connectivity index is 2.66. The molecule has 102 valence electrons. The van der Waals surface area contributed by atoms with E-state index in [9.17, 15) is 4.79 Å². The van der Waals surface area contributed by atoms with Crippen LogP contribution < -0.4 is 15.6 Å². The summed E-state index contributed by atoms with van der Waals surface area (Å²) in [7, 11) is 3.38. The third-order valence-electron chi connectivity index (χ3n) is 3.07. The molecule has 2 rings (SSSR count). The van der Waals surface area contributed by atoms with Crippen molar-refractivity contribution < 1.29 is 4.74 Å². The van der Waals surface area contributed by atoms with Crippen LogP contribution in [0.15, 0.2) is 23.0 Å². The second kappa shape index (κ2) is 5.59. The fraction of sp³-hybridized carbons (Fsp3) is 0.385. The van der Waals surface area contributed by atoms with Gasteiger partial charge in [-0.05, 0) is 37.7 Å². The molecule has 0 bridgehead atoms. The van der Waals surface area contributed by atoms with Crippen LogP contribution in [0.25, 0.3) is 10.9 Å². The highest BCUT2D eigenvalue weighted by atomic mass is 35.5. The van der Waals surface area contributed by atoms with E-state index in [0.717, 1.165) is 0 Å². The van der Waals surface area contributed by atoms with Crippen molar-refractivity contribution in [2.75, 3.05) is 14.2 Å². The normalized spacial score (nSPS) is 12.6. The van der Waals surface area contributed by atoms with Gasteiger partial charge < -0.3 is 10.1 Å². The van der Waals surface area contributed by atoms with E-state index in [2.05, 4.69) is 10.3 Å². The molecule has 0 saturated heterocycles. The highest BCUT2D eigenvalue weighted by Gasteiger charge is 2.13. The Labute approximate surface area is 116 Å². The Morgan fingerprint density at radius 2 is 2.26 bits per heavy atom. The minimum atomic E-state index is -0.156. The topological polar surface area (TPSA) is 56.1 Å². The van der Waals surface area contributed by atoms with Gasteiger partial charge in [0.1, 0.15) is 11.3 Å². The predicted molar refractivity (Wildman–Crippen MR) is 76.1 cm³/mol. The Hall–Kier alpha value is -1.59. The van der Waals surface area contributed by atoms with E-state index >= 15 is 0 Å². The molecule has 0 aliphatic rings. The van der Waals surface area contributed by atoms with Gasteiger partial charge in [0.2, 0.25) is 5.28 Å². The number of likely N-dealkylation sites (N-methyl/N-ethyl adjacent to an activating group) is 1. The number of para-hydroxylation sites is 1. The molecule has 1 N–H and O–H groups in total. The highest BCUT2D eigenvalue weighted by molar-refractivity contribution is 6.28. The fourth-order valence-electron chi connectivity index (χ4n) is 1.88. The van der Waals surface area contributed by atoms with Gasteiger partial charge in [0.05, 0.1) is 12.5 Å². The maximum atomic E-state index is 12.4. The van der Waals surface area contributed by atoms with Gasteiger partial charge in [-0.25, -0.2) is 4.98 Å². The van der Waals surface area contributed by atoms with Gasteiger partial charge in [-0.3, -0.25) is 9.36 Å². The molecule has 2 aromatic rings. The lowest BCUT2D eigenvalue weighted by Crippen LogP contribution is -2.33. The molecule has 1 aromatic heterocycles. The lowest BCUT2D eigenvalue weighted by atomic mass is 10.2. The lowest BCUT2D eigenvalue weighted by molar-refractivity contribution is 0.418. The van der Waals surface area contributed by atoms with Crippen LogP contribution in [-0.2, 0) is 6.54 Å². The second-order valence-electron chi connectivity index (χ2n) is 4.34. The van der Waals surface area contributed by atoms with Gasteiger partial charge >= 0.3 is 0 Å². The summed E-state index contributed by atoms with van der Waals surface area (Å²) in [5, 5.41) is 3.74. The van der Waals surface area contributed by atoms with Crippen LogP contribution >= 0.6 is 11.6 Å². The maximum Gasteiger partial charge on any atom is 0.262 e. The fourth-order valence-corrected chi connectivity index (χ4v) is 2.11. The molecular formula is C13H16ClN3O2. The van der Waals surface area contributed by atoms with E-state index in [1.54, 1.807) is 25.3 Å². The van der Waals surface area contributed by atoms with E-state index < -0.39 is 0 Å². The number of fused-ring (bicyclic) bond motifs is 1. The van der Waals surface area contributed by atoms with Crippen molar-refractivity contribution in [2.45, 2.75) is 19.5 Å². The number of halogens is 1. The molecule has 1 unspecified atom stereocenters. The van der Waals surface area contributed by atoms with Crippen LogP contribution in [0.1, 0.15) is 6.92 Å². The first-order valence-electron chi connectivity index (χ1n) is 5.98. The lowest BCUT2D eigenvalue weighted by Gasteiger charge is -2.14. The number of hydrogen-bond acceptors (Lipinski definition) is 4. The van der Waals surface area contributed by atoms with Gasteiger partial charge in [0, 0.05) is 12.6 Å². The van der Waals surface area contributed by atoms with Gasteiger partial charge in [0.25, 0.3) is 5.56 Å². The summed E-state index contributed by atoms with van der Waals surface area (Å²) >= 11 is 6.11. The van der Waals surface area contributed by atoms with Gasteiger partial charge in [-0.1, -0.05) is 6.07 Å². The van der Waals surface area contributed by atoms with Crippen LogP contribution in [0.2, 0.25) is 5.28 Å². The van der Waals surface area contributed by atoms with Crippen LogP contribution in [0.3, 0.4) is 0 Å². The van der Waals surface area contributed by atoms with Crippen molar-refractivity contribution in [3.63, 3.8) is 0 Å². The van der Waals surface area contributed by atoms with Crippen molar-refractivity contribution in [1.82, 2.24) is 14.9 Å². The van der Waals surface area contributed by atoms with Crippen LogP contribution in [0, 0.1) is 0 Å². The summed E-state index contributed by atoms with van der Waals surface area (Å²) in [6, 6.07) is 5.37. The van der Waals surface area contributed by atoms with Crippen molar-refractivity contribution in [3.05, 3.63) is 33.8 Å². The smallest absolute Gasteiger partial charge is 0.262 e.